The molecule has 0 saturated carbocycles. The number of carbonyl (C=O) groups is 1. The van der Waals surface area contributed by atoms with E-state index in [-0.39, 0.29) is 5.91 Å². The molecular formula is C15H24N2O3S2. The molecule has 2 N–H and O–H groups in total. The molecule has 0 unspecified atom stereocenters. The highest BCUT2D eigenvalue weighted by Gasteiger charge is 2.14. The first kappa shape index (κ1) is 19.0. The second-order valence-corrected chi connectivity index (χ2v) is 8.42. The summed E-state index contributed by atoms with van der Waals surface area (Å²) in [6.07, 6.45) is 3.68. The molecule has 0 heterocycles. The van der Waals surface area contributed by atoms with Crippen molar-refractivity contribution in [3.63, 3.8) is 0 Å². The third kappa shape index (κ3) is 6.81. The maximum atomic E-state index is 11.8. The predicted octanol–water partition coefficient (Wildman–Crippen LogP) is 2.85. The Bertz CT molecular complexity index is 569. The largest absolute Gasteiger partial charge is 0.326 e. The summed E-state index contributed by atoms with van der Waals surface area (Å²) in [6, 6.07) is 7.67. The highest BCUT2D eigenvalue weighted by Crippen LogP contribution is 2.17. The van der Waals surface area contributed by atoms with E-state index in [1.807, 2.05) is 30.5 Å². The Morgan fingerprint density at radius 3 is 2.36 bits per heavy atom. The second kappa shape index (κ2) is 9.17. The highest BCUT2D eigenvalue weighted by molar-refractivity contribution is 7.98. The van der Waals surface area contributed by atoms with Crippen LogP contribution in [0.15, 0.2) is 29.2 Å². The smallest absolute Gasteiger partial charge is 0.224 e. The molecule has 1 aromatic carbocycles. The summed E-state index contributed by atoms with van der Waals surface area (Å²) in [7, 11) is -3.21. The van der Waals surface area contributed by atoms with Crippen LogP contribution in [-0.4, -0.2) is 32.4 Å². The fourth-order valence-electron chi connectivity index (χ4n) is 1.69. The molecule has 0 saturated heterocycles. The molecule has 124 valence electrons. The van der Waals surface area contributed by atoms with Crippen LogP contribution in [0, 0.1) is 0 Å². The molecule has 22 heavy (non-hydrogen) atoms. The molecule has 0 aliphatic rings. The Morgan fingerprint density at radius 1 is 1.18 bits per heavy atom. The minimum Gasteiger partial charge on any atom is -0.326 e. The van der Waals surface area contributed by atoms with Crippen molar-refractivity contribution >= 4 is 33.4 Å². The second-order valence-electron chi connectivity index (χ2n) is 5.22. The quantitative estimate of drug-likeness (QED) is 0.533. The van der Waals surface area contributed by atoms with Gasteiger partial charge in [0, 0.05) is 23.5 Å². The van der Waals surface area contributed by atoms with E-state index in [1.165, 1.54) is 0 Å². The van der Waals surface area contributed by atoms with Gasteiger partial charge in [-0.3, -0.25) is 4.79 Å². The number of hydrogen-bond acceptors (Lipinski definition) is 4. The molecule has 0 bridgehead atoms. The summed E-state index contributed by atoms with van der Waals surface area (Å²) in [4.78, 5) is 12.9. The van der Waals surface area contributed by atoms with Crippen molar-refractivity contribution in [3.8, 4) is 0 Å². The van der Waals surface area contributed by atoms with Crippen LogP contribution < -0.4 is 10.0 Å². The number of benzene rings is 1. The van der Waals surface area contributed by atoms with E-state index in [9.17, 15) is 13.2 Å². The Labute approximate surface area is 137 Å². The standard InChI is InChI=1S/C15H24N2O3S2/c1-12(2)22(19,20)16-11-5-4-6-15(18)17-13-7-9-14(21-3)10-8-13/h7-10,12,16H,4-6,11H2,1-3H3,(H,17,18). The van der Waals surface area contributed by atoms with Crippen LogP contribution >= 0.6 is 11.8 Å². The first-order chi connectivity index (χ1) is 10.3. The monoisotopic (exact) mass is 344 g/mol. The van der Waals surface area contributed by atoms with Gasteiger partial charge in [-0.1, -0.05) is 0 Å². The maximum absolute atomic E-state index is 11.8. The summed E-state index contributed by atoms with van der Waals surface area (Å²) in [5.41, 5.74) is 0.781. The lowest BCUT2D eigenvalue weighted by Crippen LogP contribution is -2.31. The Balaban J connectivity index is 2.23. The van der Waals surface area contributed by atoms with Crippen molar-refractivity contribution in [1.29, 1.82) is 0 Å². The van der Waals surface area contributed by atoms with Gasteiger partial charge < -0.3 is 5.32 Å². The normalized spacial score (nSPS) is 11.6. The fourth-order valence-corrected chi connectivity index (χ4v) is 2.86. The van der Waals surface area contributed by atoms with Crippen LogP contribution in [0.1, 0.15) is 33.1 Å². The topological polar surface area (TPSA) is 75.3 Å². The summed E-state index contributed by atoms with van der Waals surface area (Å²) in [5.74, 6) is -0.0522. The number of hydrogen-bond donors (Lipinski definition) is 2. The van der Waals surface area contributed by atoms with Gasteiger partial charge in [-0.15, -0.1) is 11.8 Å². The summed E-state index contributed by atoms with van der Waals surface area (Å²) >= 11 is 1.65. The van der Waals surface area contributed by atoms with Crippen molar-refractivity contribution in [2.75, 3.05) is 18.1 Å². The minimum absolute atomic E-state index is 0.0522. The average molecular weight is 345 g/mol. The third-order valence-corrected chi connectivity index (χ3v) is 5.72. The fraction of sp³-hybridized carbons (Fsp3) is 0.533. The van der Waals surface area contributed by atoms with E-state index >= 15 is 0 Å². The number of rotatable bonds is 9. The van der Waals surface area contributed by atoms with Crippen molar-refractivity contribution < 1.29 is 13.2 Å². The molecule has 1 amide bonds. The molecule has 1 aromatic rings. The molecular weight excluding hydrogens is 320 g/mol. The van der Waals surface area contributed by atoms with Crippen LogP contribution in [0.25, 0.3) is 0 Å². The van der Waals surface area contributed by atoms with Crippen LogP contribution in [0.2, 0.25) is 0 Å². The molecule has 0 radical (unpaired) electrons. The van der Waals surface area contributed by atoms with Gasteiger partial charge in [-0.2, -0.15) is 0 Å². The molecule has 5 nitrogen and oxygen atoms in total. The van der Waals surface area contributed by atoms with Crippen molar-refractivity contribution in [3.05, 3.63) is 24.3 Å². The van der Waals surface area contributed by atoms with Gasteiger partial charge in [0.2, 0.25) is 15.9 Å². The molecule has 0 aliphatic carbocycles. The molecule has 0 atom stereocenters. The van der Waals surface area contributed by atoms with E-state index in [0.717, 1.165) is 10.6 Å². The highest BCUT2D eigenvalue weighted by atomic mass is 32.2. The summed E-state index contributed by atoms with van der Waals surface area (Å²) < 4.78 is 25.6. The lowest BCUT2D eigenvalue weighted by Gasteiger charge is -2.09. The number of unbranched alkanes of at least 4 members (excludes halogenated alkanes) is 1. The van der Waals surface area contributed by atoms with E-state index in [0.29, 0.717) is 25.8 Å². The van der Waals surface area contributed by atoms with Gasteiger partial charge in [0.1, 0.15) is 0 Å². The van der Waals surface area contributed by atoms with Gasteiger partial charge in [0.25, 0.3) is 0 Å². The number of thioether (sulfide) groups is 1. The Hall–Kier alpha value is -1.05. The van der Waals surface area contributed by atoms with Gasteiger partial charge in [-0.25, -0.2) is 13.1 Å². The van der Waals surface area contributed by atoms with Crippen molar-refractivity contribution in [2.45, 2.75) is 43.3 Å². The summed E-state index contributed by atoms with van der Waals surface area (Å²) in [5, 5.41) is 2.40. The third-order valence-electron chi connectivity index (χ3n) is 3.13. The van der Waals surface area contributed by atoms with Crippen LogP contribution in [0.5, 0.6) is 0 Å². The molecule has 0 spiro atoms. The zero-order valence-electron chi connectivity index (χ0n) is 13.3. The first-order valence-electron chi connectivity index (χ1n) is 7.27. The van der Waals surface area contributed by atoms with Crippen LogP contribution in [0.3, 0.4) is 0 Å². The lowest BCUT2D eigenvalue weighted by molar-refractivity contribution is -0.116. The predicted molar refractivity (Wildman–Crippen MR) is 92.8 cm³/mol. The lowest BCUT2D eigenvalue weighted by atomic mass is 10.2. The molecule has 7 heteroatoms. The average Bonchev–Trinajstić information content (AvgIpc) is 2.47. The number of anilines is 1. The number of amides is 1. The molecule has 0 aromatic heterocycles. The minimum atomic E-state index is -3.21. The Kier molecular flexibility index (Phi) is 7.92. The van der Waals surface area contributed by atoms with Gasteiger partial charge in [0.05, 0.1) is 5.25 Å². The molecule has 0 fully saturated rings. The van der Waals surface area contributed by atoms with Crippen LogP contribution in [0.4, 0.5) is 5.69 Å². The number of sulfonamides is 1. The van der Waals surface area contributed by atoms with E-state index < -0.39 is 15.3 Å². The van der Waals surface area contributed by atoms with E-state index in [2.05, 4.69) is 10.0 Å². The summed E-state index contributed by atoms with van der Waals surface area (Å²) in [6.45, 7) is 3.65. The maximum Gasteiger partial charge on any atom is 0.224 e. The number of nitrogens with one attached hydrogen (secondary N) is 2. The van der Waals surface area contributed by atoms with Crippen molar-refractivity contribution in [1.82, 2.24) is 4.72 Å². The van der Waals surface area contributed by atoms with Gasteiger partial charge in [-0.05, 0) is 57.2 Å². The van der Waals surface area contributed by atoms with E-state index in [1.54, 1.807) is 25.6 Å². The van der Waals surface area contributed by atoms with Crippen LogP contribution in [-0.2, 0) is 14.8 Å². The first-order valence-corrected chi connectivity index (χ1v) is 10.0. The zero-order chi connectivity index (χ0) is 16.6. The molecule has 1 rings (SSSR count). The zero-order valence-corrected chi connectivity index (χ0v) is 14.9. The van der Waals surface area contributed by atoms with Gasteiger partial charge >= 0.3 is 0 Å². The van der Waals surface area contributed by atoms with E-state index in [4.69, 9.17) is 0 Å². The SMILES string of the molecule is CSc1ccc(NC(=O)CCCCNS(=O)(=O)C(C)C)cc1. The van der Waals surface area contributed by atoms with Gasteiger partial charge in [0.15, 0.2) is 0 Å². The number of carbonyl (C=O) groups excluding carboxylic acids is 1. The van der Waals surface area contributed by atoms with Crippen molar-refractivity contribution in [2.24, 2.45) is 0 Å². The molecule has 0 aliphatic heterocycles. The Morgan fingerprint density at radius 2 is 1.82 bits per heavy atom.